The first kappa shape index (κ1) is 46.6. The number of piperazine rings is 1. The molecule has 0 spiro atoms. The fourth-order valence-corrected chi connectivity index (χ4v) is 12.2. The highest BCUT2D eigenvalue weighted by Crippen LogP contribution is 2.42. The van der Waals surface area contributed by atoms with E-state index in [0.29, 0.717) is 94.8 Å². The van der Waals surface area contributed by atoms with Crippen LogP contribution in [-0.4, -0.2) is 143 Å². The van der Waals surface area contributed by atoms with Gasteiger partial charge in [-0.3, -0.25) is 39.4 Å². The van der Waals surface area contributed by atoms with Crippen molar-refractivity contribution in [1.82, 2.24) is 40.0 Å². The summed E-state index contributed by atoms with van der Waals surface area (Å²) in [5.41, 5.74) is 7.32. The molecule has 0 bridgehead atoms. The third-order valence-electron chi connectivity index (χ3n) is 14.2. The number of methoxy groups -OCH3 is 1. The van der Waals surface area contributed by atoms with E-state index in [2.05, 4.69) is 80.6 Å². The minimum atomic E-state index is -2.79. The summed E-state index contributed by atoms with van der Waals surface area (Å²) in [5, 5.41) is 9.73. The molecule has 5 aliphatic rings. The molecule has 18 nitrogen and oxygen atoms in total. The van der Waals surface area contributed by atoms with Crippen LogP contribution in [0.25, 0.3) is 11.0 Å². The number of aromatic nitrogens is 4. The molecule has 5 aromatic rings. The monoisotopic (exact) mass is 1020 g/mol. The van der Waals surface area contributed by atoms with Crippen LogP contribution < -0.4 is 35.8 Å². The van der Waals surface area contributed by atoms with Crippen LogP contribution in [0, 0.1) is 5.92 Å². The minimum absolute atomic E-state index is 0.0863. The summed E-state index contributed by atoms with van der Waals surface area (Å²) in [5.74, 6) is 0.730. The summed E-state index contributed by atoms with van der Waals surface area (Å²) in [4.78, 5) is 80.2. The second-order valence-electron chi connectivity index (χ2n) is 18.8. The molecule has 69 heavy (non-hydrogen) atoms. The lowest BCUT2D eigenvalue weighted by Crippen LogP contribution is -2.59. The zero-order valence-corrected chi connectivity index (χ0v) is 41.7. The van der Waals surface area contributed by atoms with Crippen LogP contribution in [0.3, 0.4) is 0 Å². The predicted octanol–water partition coefficient (Wildman–Crippen LogP) is 5.50. The molecule has 4 fully saturated rings. The Morgan fingerprint density at radius 1 is 0.899 bits per heavy atom. The number of rotatable bonds is 12. The van der Waals surface area contributed by atoms with Crippen LogP contribution in [0.15, 0.2) is 65.5 Å². The molecular formula is C49H56BrN12O6P. The third kappa shape index (κ3) is 9.23. The van der Waals surface area contributed by atoms with Crippen molar-refractivity contribution in [2.24, 2.45) is 5.92 Å². The zero-order valence-electron chi connectivity index (χ0n) is 39.2. The smallest absolute Gasteiger partial charge is 0.255 e. The first-order valence-corrected chi connectivity index (χ1v) is 27.0. The molecule has 3 aromatic carbocycles. The first-order valence-electron chi connectivity index (χ1n) is 23.6. The zero-order chi connectivity index (χ0) is 48.1. The number of piperidine rings is 2. The number of halogens is 1. The van der Waals surface area contributed by atoms with Gasteiger partial charge in [0.05, 0.1) is 39.7 Å². The molecule has 0 aliphatic carbocycles. The maximum Gasteiger partial charge on any atom is 0.255 e. The first-order chi connectivity index (χ1) is 33.3. The van der Waals surface area contributed by atoms with Gasteiger partial charge in [0.1, 0.15) is 30.3 Å². The van der Waals surface area contributed by atoms with Crippen LogP contribution in [0.2, 0.25) is 0 Å². The van der Waals surface area contributed by atoms with E-state index in [9.17, 15) is 23.7 Å². The molecule has 0 radical (unpaired) electrons. The van der Waals surface area contributed by atoms with E-state index in [4.69, 9.17) is 9.72 Å². The highest BCUT2D eigenvalue weighted by molar-refractivity contribution is 9.10. The number of nitrogens with one attached hydrogen (secondary N) is 3. The predicted molar refractivity (Wildman–Crippen MR) is 269 cm³/mol. The van der Waals surface area contributed by atoms with E-state index in [1.165, 1.54) is 5.56 Å². The number of carbonyl (C=O) groups is 4. The molecule has 2 aromatic heterocycles. The number of anilines is 6. The van der Waals surface area contributed by atoms with Gasteiger partial charge in [0.15, 0.2) is 0 Å². The quantitative estimate of drug-likeness (QED) is 0.105. The Morgan fingerprint density at radius 3 is 2.39 bits per heavy atom. The van der Waals surface area contributed by atoms with Crippen molar-refractivity contribution in [3.05, 3.63) is 82.2 Å². The Bertz CT molecular complexity index is 2910. The molecule has 4 amide bonds. The molecule has 5 aliphatic heterocycles. The Hall–Kier alpha value is -6.17. The molecule has 20 heteroatoms. The number of nitrogens with zero attached hydrogens (tertiary/aromatic N) is 9. The van der Waals surface area contributed by atoms with Crippen molar-refractivity contribution in [3.63, 3.8) is 0 Å². The number of ether oxygens (including phenoxy) is 1. The fraction of sp³-hybridized carbons (Fsp3) is 0.429. The average Bonchev–Trinajstić information content (AvgIpc) is 3.66. The van der Waals surface area contributed by atoms with E-state index >= 15 is 0 Å². The summed E-state index contributed by atoms with van der Waals surface area (Å²) < 4.78 is 20.1. The topological polar surface area (TPSA) is 198 Å². The van der Waals surface area contributed by atoms with Crippen LogP contribution in [0.5, 0.6) is 5.75 Å². The van der Waals surface area contributed by atoms with Gasteiger partial charge in [-0.25, -0.2) is 4.98 Å². The van der Waals surface area contributed by atoms with Gasteiger partial charge in [-0.1, -0.05) is 13.0 Å². The molecule has 360 valence electrons. The van der Waals surface area contributed by atoms with Gasteiger partial charge in [-0.05, 0) is 96.4 Å². The number of fused-ring (bicyclic) bond motifs is 2. The Kier molecular flexibility index (Phi) is 12.8. The number of benzene rings is 3. The van der Waals surface area contributed by atoms with E-state index in [-0.39, 0.29) is 30.1 Å². The lowest BCUT2D eigenvalue weighted by atomic mass is 9.95. The third-order valence-corrected chi connectivity index (χ3v) is 16.3. The van der Waals surface area contributed by atoms with Gasteiger partial charge in [0.25, 0.3) is 5.91 Å². The molecular weight excluding hydrogens is 963 g/mol. The van der Waals surface area contributed by atoms with E-state index in [1.54, 1.807) is 43.9 Å². The summed E-state index contributed by atoms with van der Waals surface area (Å²) in [6.45, 7) is 12.1. The largest absolute Gasteiger partial charge is 0.494 e. The van der Waals surface area contributed by atoms with Crippen LogP contribution >= 0.6 is 23.1 Å². The van der Waals surface area contributed by atoms with Gasteiger partial charge < -0.3 is 39.5 Å². The average molecular weight is 1020 g/mol. The molecule has 4 saturated heterocycles. The summed E-state index contributed by atoms with van der Waals surface area (Å²) >= 11 is 3.59. The maximum absolute atomic E-state index is 13.7. The Balaban J connectivity index is 0.721. The van der Waals surface area contributed by atoms with Crippen molar-refractivity contribution < 1.29 is 28.5 Å². The van der Waals surface area contributed by atoms with Crippen molar-refractivity contribution in [3.8, 4) is 5.75 Å². The molecule has 1 unspecified atom stereocenters. The molecule has 0 saturated carbocycles. The highest BCUT2D eigenvalue weighted by Gasteiger charge is 2.41. The van der Waals surface area contributed by atoms with Crippen LogP contribution in [0.4, 0.5) is 34.5 Å². The van der Waals surface area contributed by atoms with E-state index in [1.807, 2.05) is 35.2 Å². The van der Waals surface area contributed by atoms with Crippen molar-refractivity contribution in [1.29, 1.82) is 0 Å². The summed E-state index contributed by atoms with van der Waals surface area (Å²) in [6, 6.07) is 13.5. The molecule has 10 rings (SSSR count). The summed E-state index contributed by atoms with van der Waals surface area (Å²) in [7, 11) is -1.12. The number of carbonyl (C=O) groups excluding carboxylic acids is 4. The SMILES string of the molecule is CCc1cc(Nc2ncc(Br)c(Nc3ccc4nccnc4c3P(C)(C)=O)n2)c(OC)cc1N1CCC(N2CCN(C(=O)C3CN(c4ccc5c(c4)C(=O)N(C4CCC(=O)NC4=O)C5)C3)CC2)CC1. The van der Waals surface area contributed by atoms with Gasteiger partial charge >= 0.3 is 0 Å². The maximum atomic E-state index is 13.7. The fourth-order valence-electron chi connectivity index (χ4n) is 10.5. The van der Waals surface area contributed by atoms with Gasteiger partial charge in [0, 0.05) is 113 Å². The van der Waals surface area contributed by atoms with E-state index < -0.39 is 19.1 Å². The van der Waals surface area contributed by atoms with Crippen LogP contribution in [0.1, 0.15) is 54.1 Å². The number of imide groups is 1. The molecule has 7 heterocycles. The second-order valence-corrected chi connectivity index (χ2v) is 22.8. The normalized spacial score (nSPS) is 19.4. The number of amides is 4. The number of aryl methyl sites for hydroxylation is 1. The second kappa shape index (κ2) is 19.0. The lowest BCUT2D eigenvalue weighted by molar-refractivity contribution is -0.139. The standard InChI is InChI=1S/C49H56BrN12O6P/c1-5-29-22-38(55-49-53-25-35(50)45(57-49)54-37-9-8-36-43(52-15-14-51-36)44(37)69(3,4)67)41(68-2)24-40(29)59-16-12-32(13-17-59)58-18-20-60(21-19-58)47(65)31-26-61(27-31)33-7-6-30-28-62(48(66)34(30)23-33)39-10-11-42(63)56-46(39)64/h6-9,14-15,22-25,31-32,39H,5,10-13,16-21,26-28H2,1-4H3,(H,56,63,64)(H2,53,54,55,57). The minimum Gasteiger partial charge on any atom is -0.494 e. The van der Waals surface area contributed by atoms with E-state index in [0.717, 1.165) is 68.1 Å². The Morgan fingerprint density at radius 2 is 1.67 bits per heavy atom. The number of hydrogen-bond acceptors (Lipinski definition) is 15. The molecule has 3 N–H and O–H groups in total. The van der Waals surface area contributed by atoms with Gasteiger partial charge in [-0.2, -0.15) is 4.98 Å². The van der Waals surface area contributed by atoms with Crippen molar-refractivity contribution >= 4 is 97.6 Å². The highest BCUT2D eigenvalue weighted by atomic mass is 79.9. The van der Waals surface area contributed by atoms with Gasteiger partial charge in [-0.15, -0.1) is 0 Å². The Labute approximate surface area is 409 Å². The van der Waals surface area contributed by atoms with Crippen molar-refractivity contribution in [2.45, 2.75) is 57.7 Å². The summed E-state index contributed by atoms with van der Waals surface area (Å²) in [6.07, 6.45) is 8.30. The van der Waals surface area contributed by atoms with Crippen LogP contribution in [-0.2, 0) is 31.9 Å². The number of hydrogen-bond donors (Lipinski definition) is 3. The lowest BCUT2D eigenvalue weighted by Gasteiger charge is -2.46. The van der Waals surface area contributed by atoms with Crippen molar-refractivity contribution in [2.75, 3.05) is 93.2 Å². The molecule has 1 atom stereocenters. The van der Waals surface area contributed by atoms with Gasteiger partial charge in [0.2, 0.25) is 23.7 Å².